The number of rotatable bonds is 4. The van der Waals surface area contributed by atoms with E-state index >= 15 is 0 Å². The second kappa shape index (κ2) is 5.62. The zero-order chi connectivity index (χ0) is 13.0. The summed E-state index contributed by atoms with van der Waals surface area (Å²) in [6, 6.07) is 4.66. The Kier molecular flexibility index (Phi) is 4.44. The van der Waals surface area contributed by atoms with Crippen molar-refractivity contribution in [3.63, 3.8) is 0 Å². The summed E-state index contributed by atoms with van der Waals surface area (Å²) in [5.74, 6) is -0.762. The van der Waals surface area contributed by atoms with E-state index in [-0.39, 0.29) is 17.5 Å². The lowest BCUT2D eigenvalue weighted by Gasteiger charge is -2.25. The number of nitrogens with zero attached hydrogens (tertiary/aromatic N) is 1. The SMILES string of the molecule is C=CCN(C(=O)c1ccc(C)cc1F)C(C)C. The lowest BCUT2D eigenvalue weighted by atomic mass is 10.1. The van der Waals surface area contributed by atoms with Gasteiger partial charge in [0.15, 0.2) is 0 Å². The predicted octanol–water partition coefficient (Wildman–Crippen LogP) is 3.17. The highest BCUT2D eigenvalue weighted by atomic mass is 19.1. The average Bonchev–Trinajstić information content (AvgIpc) is 2.24. The van der Waals surface area contributed by atoms with Crippen LogP contribution in [0.5, 0.6) is 0 Å². The Morgan fingerprint density at radius 1 is 1.53 bits per heavy atom. The van der Waals surface area contributed by atoms with Gasteiger partial charge in [0.1, 0.15) is 5.82 Å². The van der Waals surface area contributed by atoms with Gasteiger partial charge in [0.05, 0.1) is 5.56 Å². The molecule has 1 aromatic carbocycles. The van der Waals surface area contributed by atoms with E-state index in [1.807, 2.05) is 13.8 Å². The highest BCUT2D eigenvalue weighted by Gasteiger charge is 2.20. The molecule has 92 valence electrons. The number of carbonyl (C=O) groups excluding carboxylic acids is 1. The monoisotopic (exact) mass is 235 g/mol. The Morgan fingerprint density at radius 3 is 2.65 bits per heavy atom. The molecule has 3 heteroatoms. The van der Waals surface area contributed by atoms with Crippen molar-refractivity contribution in [2.24, 2.45) is 0 Å². The third kappa shape index (κ3) is 3.16. The van der Waals surface area contributed by atoms with Crippen molar-refractivity contribution in [3.8, 4) is 0 Å². The summed E-state index contributed by atoms with van der Waals surface area (Å²) in [7, 11) is 0. The van der Waals surface area contributed by atoms with Crippen LogP contribution >= 0.6 is 0 Å². The second-order valence-corrected chi connectivity index (χ2v) is 4.32. The molecule has 1 rings (SSSR count). The van der Waals surface area contributed by atoms with Crippen molar-refractivity contribution >= 4 is 5.91 Å². The van der Waals surface area contributed by atoms with Crippen LogP contribution < -0.4 is 0 Å². The van der Waals surface area contributed by atoms with Gasteiger partial charge in [-0.25, -0.2) is 4.39 Å². The first kappa shape index (κ1) is 13.4. The molecule has 0 aromatic heterocycles. The van der Waals surface area contributed by atoms with Crippen molar-refractivity contribution in [2.75, 3.05) is 6.54 Å². The molecular weight excluding hydrogens is 217 g/mol. The minimum absolute atomic E-state index is 0.0150. The second-order valence-electron chi connectivity index (χ2n) is 4.32. The molecule has 0 saturated carbocycles. The summed E-state index contributed by atoms with van der Waals surface area (Å²) >= 11 is 0. The van der Waals surface area contributed by atoms with Crippen LogP contribution in [0.4, 0.5) is 4.39 Å². The van der Waals surface area contributed by atoms with Crippen LogP contribution in [0.15, 0.2) is 30.9 Å². The molecular formula is C14H18FNO. The molecule has 2 nitrogen and oxygen atoms in total. The van der Waals surface area contributed by atoms with Crippen LogP contribution in [0.1, 0.15) is 29.8 Å². The van der Waals surface area contributed by atoms with E-state index in [2.05, 4.69) is 6.58 Å². The van der Waals surface area contributed by atoms with Gasteiger partial charge in [0, 0.05) is 12.6 Å². The summed E-state index contributed by atoms with van der Waals surface area (Å²) in [6.07, 6.45) is 1.64. The molecule has 0 unspecified atom stereocenters. The zero-order valence-electron chi connectivity index (χ0n) is 10.5. The number of aryl methyl sites for hydroxylation is 1. The molecule has 0 atom stereocenters. The Labute approximate surface area is 102 Å². The third-order valence-electron chi connectivity index (χ3n) is 2.57. The average molecular weight is 235 g/mol. The molecule has 0 aliphatic heterocycles. The standard InChI is InChI=1S/C14H18FNO/c1-5-8-16(10(2)3)14(17)12-7-6-11(4)9-13(12)15/h5-7,9-10H,1,8H2,2-4H3. The maximum Gasteiger partial charge on any atom is 0.257 e. The van der Waals surface area contributed by atoms with Gasteiger partial charge in [-0.1, -0.05) is 12.1 Å². The van der Waals surface area contributed by atoms with E-state index in [1.165, 1.54) is 12.1 Å². The van der Waals surface area contributed by atoms with Crippen molar-refractivity contribution in [2.45, 2.75) is 26.8 Å². The first-order valence-corrected chi connectivity index (χ1v) is 5.65. The van der Waals surface area contributed by atoms with Crippen LogP contribution in [0.3, 0.4) is 0 Å². The molecule has 0 bridgehead atoms. The molecule has 0 fully saturated rings. The van der Waals surface area contributed by atoms with E-state index in [9.17, 15) is 9.18 Å². The van der Waals surface area contributed by atoms with Crippen LogP contribution in [0.25, 0.3) is 0 Å². The van der Waals surface area contributed by atoms with Crippen LogP contribution in [0, 0.1) is 12.7 Å². The van der Waals surface area contributed by atoms with Crippen LogP contribution in [-0.4, -0.2) is 23.4 Å². The number of amides is 1. The van der Waals surface area contributed by atoms with Gasteiger partial charge in [0.25, 0.3) is 5.91 Å². The Morgan fingerprint density at radius 2 is 2.18 bits per heavy atom. The molecule has 0 saturated heterocycles. The quantitative estimate of drug-likeness (QED) is 0.734. The van der Waals surface area contributed by atoms with Crippen molar-refractivity contribution in [1.82, 2.24) is 4.90 Å². The fraction of sp³-hybridized carbons (Fsp3) is 0.357. The smallest absolute Gasteiger partial charge is 0.257 e. The Balaban J connectivity index is 3.05. The van der Waals surface area contributed by atoms with Crippen molar-refractivity contribution in [3.05, 3.63) is 47.8 Å². The molecule has 0 radical (unpaired) electrons. The summed E-state index contributed by atoms with van der Waals surface area (Å²) in [5.41, 5.74) is 0.921. The fourth-order valence-corrected chi connectivity index (χ4v) is 1.62. The maximum absolute atomic E-state index is 13.7. The third-order valence-corrected chi connectivity index (χ3v) is 2.57. The fourth-order valence-electron chi connectivity index (χ4n) is 1.62. The molecule has 0 heterocycles. The van der Waals surface area contributed by atoms with Crippen LogP contribution in [0.2, 0.25) is 0 Å². The molecule has 0 spiro atoms. The summed E-state index contributed by atoms with van der Waals surface area (Å²) in [4.78, 5) is 13.7. The maximum atomic E-state index is 13.7. The topological polar surface area (TPSA) is 20.3 Å². The largest absolute Gasteiger partial charge is 0.332 e. The normalized spacial score (nSPS) is 10.4. The highest BCUT2D eigenvalue weighted by molar-refractivity contribution is 5.94. The summed E-state index contributed by atoms with van der Waals surface area (Å²) < 4.78 is 13.7. The zero-order valence-corrected chi connectivity index (χ0v) is 10.5. The molecule has 1 amide bonds. The number of halogens is 1. The van der Waals surface area contributed by atoms with Gasteiger partial charge in [-0.05, 0) is 38.5 Å². The molecule has 1 aromatic rings. The van der Waals surface area contributed by atoms with E-state index in [1.54, 1.807) is 24.0 Å². The molecule has 0 aliphatic carbocycles. The van der Waals surface area contributed by atoms with Gasteiger partial charge in [-0.2, -0.15) is 0 Å². The van der Waals surface area contributed by atoms with E-state index < -0.39 is 5.82 Å². The Bertz CT molecular complexity index is 426. The summed E-state index contributed by atoms with van der Waals surface area (Å²) in [5, 5.41) is 0. The predicted molar refractivity (Wildman–Crippen MR) is 67.5 cm³/mol. The van der Waals surface area contributed by atoms with Gasteiger partial charge in [0.2, 0.25) is 0 Å². The molecule has 17 heavy (non-hydrogen) atoms. The number of hydrogen-bond donors (Lipinski definition) is 0. The number of hydrogen-bond acceptors (Lipinski definition) is 1. The first-order valence-electron chi connectivity index (χ1n) is 5.65. The molecule has 0 aliphatic rings. The van der Waals surface area contributed by atoms with E-state index in [0.717, 1.165) is 5.56 Å². The van der Waals surface area contributed by atoms with Gasteiger partial charge in [-0.3, -0.25) is 4.79 Å². The van der Waals surface area contributed by atoms with Gasteiger partial charge >= 0.3 is 0 Å². The number of benzene rings is 1. The van der Waals surface area contributed by atoms with E-state index in [4.69, 9.17) is 0 Å². The van der Waals surface area contributed by atoms with Gasteiger partial charge < -0.3 is 4.90 Å². The lowest BCUT2D eigenvalue weighted by Crippen LogP contribution is -2.37. The van der Waals surface area contributed by atoms with E-state index in [0.29, 0.717) is 6.54 Å². The lowest BCUT2D eigenvalue weighted by molar-refractivity contribution is 0.0724. The minimum Gasteiger partial charge on any atom is -0.332 e. The Hall–Kier alpha value is -1.64. The number of carbonyl (C=O) groups is 1. The van der Waals surface area contributed by atoms with Crippen LogP contribution in [-0.2, 0) is 0 Å². The minimum atomic E-state index is -0.468. The van der Waals surface area contributed by atoms with Gasteiger partial charge in [-0.15, -0.1) is 6.58 Å². The highest BCUT2D eigenvalue weighted by Crippen LogP contribution is 2.14. The summed E-state index contributed by atoms with van der Waals surface area (Å²) in [6.45, 7) is 9.61. The van der Waals surface area contributed by atoms with Crippen molar-refractivity contribution in [1.29, 1.82) is 0 Å². The molecule has 0 N–H and O–H groups in total. The first-order chi connectivity index (χ1) is 7.97. The van der Waals surface area contributed by atoms with Crippen molar-refractivity contribution < 1.29 is 9.18 Å².